The van der Waals surface area contributed by atoms with E-state index in [0.29, 0.717) is 16.2 Å². The summed E-state index contributed by atoms with van der Waals surface area (Å²) >= 11 is 1.27. The minimum absolute atomic E-state index is 0.0354. The molecule has 0 fully saturated rings. The van der Waals surface area contributed by atoms with Crippen LogP contribution in [0.5, 0.6) is 5.75 Å². The van der Waals surface area contributed by atoms with Crippen LogP contribution in [0.25, 0.3) is 4.91 Å². The fourth-order valence-corrected chi connectivity index (χ4v) is 3.46. The second kappa shape index (κ2) is 9.90. The summed E-state index contributed by atoms with van der Waals surface area (Å²) in [5.41, 5.74) is 1.35. The predicted octanol–water partition coefficient (Wildman–Crippen LogP) is 4.05. The second-order valence-electron chi connectivity index (χ2n) is 6.15. The van der Waals surface area contributed by atoms with Gasteiger partial charge in [0, 0.05) is 30.5 Å². The molecule has 0 aliphatic rings. The summed E-state index contributed by atoms with van der Waals surface area (Å²) in [4.78, 5) is 38.3. The summed E-state index contributed by atoms with van der Waals surface area (Å²) in [6.45, 7) is 3.12. The van der Waals surface area contributed by atoms with Gasteiger partial charge in [0.05, 0.1) is 12.4 Å². The summed E-state index contributed by atoms with van der Waals surface area (Å²) in [5.74, 6) is -0.202. The molecule has 2 aromatic rings. The van der Waals surface area contributed by atoms with Crippen molar-refractivity contribution in [1.82, 2.24) is 4.90 Å². The smallest absolute Gasteiger partial charge is 0.254 e. The Labute approximate surface area is 169 Å². The minimum Gasteiger partial charge on any atom is -0.497 e. The largest absolute Gasteiger partial charge is 0.497 e. The predicted molar refractivity (Wildman–Crippen MR) is 112 cm³/mol. The first kappa shape index (κ1) is 21.4. The lowest BCUT2D eigenvalue weighted by Gasteiger charge is -2.16. The van der Waals surface area contributed by atoms with Gasteiger partial charge in [-0.15, -0.1) is 11.8 Å². The lowest BCUT2D eigenvalue weighted by Crippen LogP contribution is -2.29. The highest BCUT2D eigenvalue weighted by atomic mass is 32.2. The molecule has 1 unspecified atom stereocenters. The average molecular weight is 397 g/mol. The zero-order valence-corrected chi connectivity index (χ0v) is 17.2. The van der Waals surface area contributed by atoms with Crippen molar-refractivity contribution in [2.45, 2.75) is 19.1 Å². The number of ether oxygens (including phenoxy) is 1. The number of amides is 2. The number of Topliss-reactive ketones (excluding diaryl/α,β-unsaturated/α-hetero) is 1. The number of likely N-dealkylation sites (N-methyl/N-ethyl adjacent to an activating group) is 1. The van der Waals surface area contributed by atoms with Crippen LogP contribution in [0.4, 0.5) is 0 Å². The van der Waals surface area contributed by atoms with Crippen LogP contribution in [0.15, 0.2) is 60.7 Å². The molecular formula is C22H23NO4S. The van der Waals surface area contributed by atoms with Crippen LogP contribution >= 0.6 is 11.8 Å². The van der Waals surface area contributed by atoms with Crippen molar-refractivity contribution in [2.24, 2.45) is 0 Å². The van der Waals surface area contributed by atoms with Gasteiger partial charge in [0.15, 0.2) is 5.78 Å². The average Bonchev–Trinajstić information content (AvgIpc) is 2.72. The highest BCUT2D eigenvalue weighted by molar-refractivity contribution is 8.09. The Balaban J connectivity index is 2.36. The lowest BCUT2D eigenvalue weighted by atomic mass is 10.1. The molecular weight excluding hydrogens is 374 g/mol. The van der Waals surface area contributed by atoms with Crippen LogP contribution in [-0.2, 0) is 9.59 Å². The number of thioether (sulfide) groups is 1. The molecule has 2 amide bonds. The van der Waals surface area contributed by atoms with E-state index in [-0.39, 0.29) is 11.7 Å². The quantitative estimate of drug-likeness (QED) is 0.521. The number of hydrogen-bond donors (Lipinski definition) is 0. The standard InChI is InChI=1S/C22H23NO4S/c1-15(22(26)17-9-6-5-7-10-17)28-20(14-21(25)23(3)16(2)24)18-11-8-12-19(13-18)27-4/h5-15H,1-4H3/b20-14+. The van der Waals surface area contributed by atoms with Crippen molar-refractivity contribution in [2.75, 3.05) is 14.2 Å². The van der Waals surface area contributed by atoms with Gasteiger partial charge in [-0.3, -0.25) is 19.3 Å². The Morgan fingerprint density at radius 1 is 1.04 bits per heavy atom. The van der Waals surface area contributed by atoms with Gasteiger partial charge >= 0.3 is 0 Å². The van der Waals surface area contributed by atoms with Crippen molar-refractivity contribution in [3.63, 3.8) is 0 Å². The number of carbonyl (C=O) groups is 3. The van der Waals surface area contributed by atoms with Crippen molar-refractivity contribution in [3.05, 3.63) is 71.8 Å². The Bertz CT molecular complexity index is 892. The Hall–Kier alpha value is -2.86. The van der Waals surface area contributed by atoms with Gasteiger partial charge in [-0.2, -0.15) is 0 Å². The number of nitrogens with zero attached hydrogens (tertiary/aromatic N) is 1. The normalized spacial score (nSPS) is 12.2. The highest BCUT2D eigenvalue weighted by Gasteiger charge is 2.20. The summed E-state index contributed by atoms with van der Waals surface area (Å²) in [6, 6.07) is 16.3. The van der Waals surface area contributed by atoms with Gasteiger partial charge in [-0.1, -0.05) is 42.5 Å². The molecule has 2 rings (SSSR count). The van der Waals surface area contributed by atoms with E-state index in [9.17, 15) is 14.4 Å². The molecule has 6 heteroatoms. The number of benzene rings is 2. The van der Waals surface area contributed by atoms with Crippen LogP contribution in [-0.4, -0.2) is 41.9 Å². The SMILES string of the molecule is COc1cccc(/C(=C\C(=O)N(C)C(C)=O)SC(C)C(=O)c2ccccc2)c1. The van der Waals surface area contributed by atoms with E-state index in [0.717, 1.165) is 10.5 Å². The van der Waals surface area contributed by atoms with Crippen LogP contribution in [0, 0.1) is 0 Å². The molecule has 0 aliphatic carbocycles. The van der Waals surface area contributed by atoms with E-state index < -0.39 is 11.2 Å². The molecule has 28 heavy (non-hydrogen) atoms. The Morgan fingerprint density at radius 3 is 2.29 bits per heavy atom. The molecule has 1 atom stereocenters. The first-order valence-electron chi connectivity index (χ1n) is 8.73. The lowest BCUT2D eigenvalue weighted by molar-refractivity contribution is -0.138. The minimum atomic E-state index is -0.447. The molecule has 2 aromatic carbocycles. The summed E-state index contributed by atoms with van der Waals surface area (Å²) in [6.07, 6.45) is 1.38. The first-order chi connectivity index (χ1) is 13.3. The van der Waals surface area contributed by atoms with Gasteiger partial charge in [0.25, 0.3) is 5.91 Å². The maximum atomic E-state index is 12.7. The topological polar surface area (TPSA) is 63.7 Å². The fraction of sp³-hybridized carbons (Fsp3) is 0.227. The fourth-order valence-electron chi connectivity index (χ4n) is 2.41. The summed E-state index contributed by atoms with van der Waals surface area (Å²) in [7, 11) is 2.99. The van der Waals surface area contributed by atoms with Gasteiger partial charge in [0.2, 0.25) is 5.91 Å². The molecule has 0 bridgehead atoms. The molecule has 0 spiro atoms. The molecule has 0 N–H and O–H groups in total. The number of hydrogen-bond acceptors (Lipinski definition) is 5. The first-order valence-corrected chi connectivity index (χ1v) is 9.61. The molecule has 0 aromatic heterocycles. The van der Waals surface area contributed by atoms with Crippen molar-refractivity contribution >= 4 is 34.3 Å². The van der Waals surface area contributed by atoms with Gasteiger partial charge in [-0.05, 0) is 24.6 Å². The molecule has 0 heterocycles. The molecule has 5 nitrogen and oxygen atoms in total. The molecule has 146 valence electrons. The zero-order chi connectivity index (χ0) is 20.7. The monoisotopic (exact) mass is 397 g/mol. The van der Waals surface area contributed by atoms with Crippen LogP contribution in [0.3, 0.4) is 0 Å². The third-order valence-electron chi connectivity index (χ3n) is 4.14. The van der Waals surface area contributed by atoms with Gasteiger partial charge in [0.1, 0.15) is 5.75 Å². The maximum absolute atomic E-state index is 12.7. The van der Waals surface area contributed by atoms with Crippen LogP contribution in [0.1, 0.15) is 29.8 Å². The number of methoxy groups -OCH3 is 1. The Morgan fingerprint density at radius 2 is 1.68 bits per heavy atom. The van der Waals surface area contributed by atoms with E-state index in [1.54, 1.807) is 38.3 Å². The number of ketones is 1. The number of carbonyl (C=O) groups excluding carboxylic acids is 3. The van der Waals surface area contributed by atoms with E-state index in [1.807, 2.05) is 30.3 Å². The van der Waals surface area contributed by atoms with Crippen molar-refractivity contribution in [1.29, 1.82) is 0 Å². The van der Waals surface area contributed by atoms with Crippen molar-refractivity contribution in [3.8, 4) is 5.75 Å². The number of imide groups is 1. The third kappa shape index (κ3) is 5.57. The molecule has 0 saturated carbocycles. The zero-order valence-electron chi connectivity index (χ0n) is 16.3. The van der Waals surface area contributed by atoms with E-state index in [2.05, 4.69) is 0 Å². The van der Waals surface area contributed by atoms with Gasteiger partial charge in [-0.25, -0.2) is 0 Å². The van der Waals surface area contributed by atoms with Crippen LogP contribution < -0.4 is 4.74 Å². The number of rotatable bonds is 7. The molecule has 0 radical (unpaired) electrons. The van der Waals surface area contributed by atoms with Crippen LogP contribution in [0.2, 0.25) is 0 Å². The highest BCUT2D eigenvalue weighted by Crippen LogP contribution is 2.34. The van der Waals surface area contributed by atoms with Crippen molar-refractivity contribution < 1.29 is 19.1 Å². The van der Waals surface area contributed by atoms with E-state index >= 15 is 0 Å². The molecule has 0 saturated heterocycles. The third-order valence-corrected chi connectivity index (χ3v) is 5.32. The van der Waals surface area contributed by atoms with E-state index in [4.69, 9.17) is 4.74 Å². The summed E-state index contributed by atoms with van der Waals surface area (Å²) in [5, 5.41) is -0.421. The molecule has 0 aliphatic heterocycles. The van der Waals surface area contributed by atoms with E-state index in [1.165, 1.54) is 31.8 Å². The van der Waals surface area contributed by atoms with Gasteiger partial charge < -0.3 is 4.74 Å². The summed E-state index contributed by atoms with van der Waals surface area (Å²) < 4.78 is 5.26. The maximum Gasteiger partial charge on any atom is 0.254 e. The second-order valence-corrected chi connectivity index (χ2v) is 7.53. The Kier molecular flexibility index (Phi) is 7.58.